The summed E-state index contributed by atoms with van der Waals surface area (Å²) < 4.78 is 31.6. The second-order valence-electron chi connectivity index (χ2n) is 10.5. The Bertz CT molecular complexity index is 860. The highest BCUT2D eigenvalue weighted by molar-refractivity contribution is 6.62. The van der Waals surface area contributed by atoms with Crippen molar-refractivity contribution in [1.82, 2.24) is 9.80 Å². The molecule has 1 aromatic carbocycles. The van der Waals surface area contributed by atoms with Crippen molar-refractivity contribution in [3.05, 3.63) is 29.6 Å². The molecule has 2 saturated heterocycles. The normalized spacial score (nSPS) is 20.4. The first-order valence-corrected chi connectivity index (χ1v) is 11.1. The van der Waals surface area contributed by atoms with Crippen molar-refractivity contribution in [3.8, 4) is 0 Å². The number of amides is 2. The van der Waals surface area contributed by atoms with Gasteiger partial charge in [0.25, 0.3) is 0 Å². The zero-order chi connectivity index (χ0) is 23.9. The number of hydrogen-bond donors (Lipinski definition) is 0. The topological polar surface area (TPSA) is 68.3 Å². The molecule has 2 aliphatic heterocycles. The lowest BCUT2D eigenvalue weighted by molar-refractivity contribution is -0.132. The highest BCUT2D eigenvalue weighted by Crippen LogP contribution is 2.36. The van der Waals surface area contributed by atoms with Crippen LogP contribution in [0.3, 0.4) is 0 Å². The molecule has 0 N–H and O–H groups in total. The van der Waals surface area contributed by atoms with Gasteiger partial charge in [0, 0.05) is 26.2 Å². The second kappa shape index (κ2) is 8.67. The third-order valence-electron chi connectivity index (χ3n) is 6.24. The number of carbonyl (C=O) groups excluding carboxylic acids is 2. The third-order valence-corrected chi connectivity index (χ3v) is 6.24. The first-order valence-electron chi connectivity index (χ1n) is 11.1. The highest BCUT2D eigenvalue weighted by atomic mass is 19.1. The molecule has 9 heteroatoms. The summed E-state index contributed by atoms with van der Waals surface area (Å²) in [5.74, 6) is -0.491. The Morgan fingerprint density at radius 1 is 1.03 bits per heavy atom. The minimum Gasteiger partial charge on any atom is -0.444 e. The van der Waals surface area contributed by atoms with Gasteiger partial charge in [-0.2, -0.15) is 0 Å². The zero-order valence-electron chi connectivity index (χ0n) is 20.2. The fourth-order valence-electron chi connectivity index (χ4n) is 3.66. The number of rotatable bonds is 3. The Morgan fingerprint density at radius 3 is 2.09 bits per heavy atom. The predicted molar refractivity (Wildman–Crippen MR) is 120 cm³/mol. The Hall–Kier alpha value is -2.13. The van der Waals surface area contributed by atoms with E-state index in [1.807, 2.05) is 48.5 Å². The van der Waals surface area contributed by atoms with Crippen LogP contribution in [0, 0.1) is 5.82 Å². The summed E-state index contributed by atoms with van der Waals surface area (Å²) in [6.45, 7) is 14.9. The summed E-state index contributed by atoms with van der Waals surface area (Å²) >= 11 is 0. The first-order chi connectivity index (χ1) is 14.7. The van der Waals surface area contributed by atoms with E-state index >= 15 is 0 Å². The largest absolute Gasteiger partial charge is 0.495 e. The van der Waals surface area contributed by atoms with Gasteiger partial charge in [-0.25, -0.2) is 9.18 Å². The third kappa shape index (κ3) is 5.43. The van der Waals surface area contributed by atoms with Gasteiger partial charge in [0.05, 0.1) is 17.6 Å². The molecule has 2 fully saturated rings. The number of nitrogens with zero attached hydrogens (tertiary/aromatic N) is 2. The van der Waals surface area contributed by atoms with Crippen molar-refractivity contribution < 1.29 is 28.0 Å². The molecule has 0 atom stereocenters. The van der Waals surface area contributed by atoms with E-state index in [2.05, 4.69) is 0 Å². The average Bonchev–Trinajstić information content (AvgIpc) is 2.89. The molecule has 176 valence electrons. The number of piperazine rings is 1. The van der Waals surface area contributed by atoms with Crippen LogP contribution in [0.25, 0.3) is 0 Å². The van der Waals surface area contributed by atoms with Crippen LogP contribution in [0.15, 0.2) is 18.2 Å². The number of halogens is 1. The van der Waals surface area contributed by atoms with Gasteiger partial charge in [-0.3, -0.25) is 4.79 Å². The Morgan fingerprint density at radius 2 is 1.56 bits per heavy atom. The maximum atomic E-state index is 14.1. The van der Waals surface area contributed by atoms with Crippen LogP contribution in [0.5, 0.6) is 0 Å². The molecule has 32 heavy (non-hydrogen) atoms. The molecule has 3 rings (SSSR count). The Kier molecular flexibility index (Phi) is 6.64. The highest BCUT2D eigenvalue weighted by Gasteiger charge is 2.52. The van der Waals surface area contributed by atoms with E-state index in [1.165, 1.54) is 12.1 Å². The molecule has 0 aliphatic carbocycles. The predicted octanol–water partition coefficient (Wildman–Crippen LogP) is 2.75. The van der Waals surface area contributed by atoms with Crippen LogP contribution in [-0.2, 0) is 25.3 Å². The van der Waals surface area contributed by atoms with Crippen LogP contribution in [0.4, 0.5) is 9.18 Å². The molecule has 0 radical (unpaired) electrons. The van der Waals surface area contributed by atoms with Crippen molar-refractivity contribution in [2.45, 2.75) is 71.7 Å². The quantitative estimate of drug-likeness (QED) is 0.666. The molecule has 0 spiro atoms. The summed E-state index contributed by atoms with van der Waals surface area (Å²) in [7, 11) is -0.748. The minimum atomic E-state index is -0.748. The van der Waals surface area contributed by atoms with Gasteiger partial charge in [-0.05, 0) is 71.6 Å². The Balaban J connectivity index is 1.66. The summed E-state index contributed by atoms with van der Waals surface area (Å²) in [6, 6.07) is 4.34. The van der Waals surface area contributed by atoms with E-state index in [0.717, 1.165) is 0 Å². The van der Waals surface area contributed by atoms with Crippen molar-refractivity contribution in [2.24, 2.45) is 0 Å². The minimum absolute atomic E-state index is 0.0850. The van der Waals surface area contributed by atoms with Crippen molar-refractivity contribution >= 4 is 24.6 Å². The molecule has 2 amide bonds. The number of hydrogen-bond acceptors (Lipinski definition) is 5. The zero-order valence-corrected chi connectivity index (χ0v) is 20.2. The molecule has 7 nitrogen and oxygen atoms in total. The average molecular weight is 448 g/mol. The van der Waals surface area contributed by atoms with E-state index in [-0.39, 0.29) is 18.4 Å². The van der Waals surface area contributed by atoms with E-state index in [9.17, 15) is 14.0 Å². The van der Waals surface area contributed by atoms with Crippen LogP contribution in [0.2, 0.25) is 0 Å². The maximum absolute atomic E-state index is 14.1. The molecule has 0 unspecified atom stereocenters. The van der Waals surface area contributed by atoms with E-state index < -0.39 is 29.7 Å². The standard InChI is InChI=1S/C23H34BFN2O5/c1-21(2,3)30-20(29)27-12-10-26(11-13-27)19(28)14-16-8-9-17(25)15-18(16)24-31-22(4,5)23(6,7)32-24/h8-9,15H,10-14H2,1-7H3. The molecule has 0 saturated carbocycles. The van der Waals surface area contributed by atoms with Gasteiger partial charge in [0.1, 0.15) is 11.4 Å². The van der Waals surface area contributed by atoms with Crippen molar-refractivity contribution in [1.29, 1.82) is 0 Å². The second-order valence-corrected chi connectivity index (χ2v) is 10.5. The van der Waals surface area contributed by atoms with Gasteiger partial charge < -0.3 is 23.8 Å². The van der Waals surface area contributed by atoms with E-state index in [0.29, 0.717) is 37.2 Å². The molecule has 2 aliphatic rings. The lowest BCUT2D eigenvalue weighted by Gasteiger charge is -2.35. The monoisotopic (exact) mass is 448 g/mol. The smallest absolute Gasteiger partial charge is 0.444 e. The van der Waals surface area contributed by atoms with Crippen molar-refractivity contribution in [3.63, 3.8) is 0 Å². The summed E-state index contributed by atoms with van der Waals surface area (Å²) in [6.07, 6.45) is -0.266. The number of carbonyl (C=O) groups is 2. The van der Waals surface area contributed by atoms with E-state index in [1.54, 1.807) is 15.9 Å². The molecule has 1 aromatic rings. The molecule has 0 bridgehead atoms. The fourth-order valence-corrected chi connectivity index (χ4v) is 3.66. The van der Waals surface area contributed by atoms with Crippen LogP contribution in [-0.4, -0.2) is 71.9 Å². The SMILES string of the molecule is CC(C)(C)OC(=O)N1CCN(C(=O)Cc2ccc(F)cc2B2OC(C)(C)C(C)(C)O2)CC1. The first kappa shape index (κ1) is 24.5. The Labute approximate surface area is 190 Å². The van der Waals surface area contributed by atoms with Crippen LogP contribution >= 0.6 is 0 Å². The van der Waals surface area contributed by atoms with Crippen LogP contribution < -0.4 is 5.46 Å². The van der Waals surface area contributed by atoms with Crippen molar-refractivity contribution in [2.75, 3.05) is 26.2 Å². The number of ether oxygens (including phenoxy) is 1. The fraction of sp³-hybridized carbons (Fsp3) is 0.652. The molecule has 0 aromatic heterocycles. The lowest BCUT2D eigenvalue weighted by Crippen LogP contribution is -2.52. The summed E-state index contributed by atoms with van der Waals surface area (Å²) in [4.78, 5) is 28.6. The maximum Gasteiger partial charge on any atom is 0.495 e. The van der Waals surface area contributed by atoms with Gasteiger partial charge in [-0.15, -0.1) is 0 Å². The van der Waals surface area contributed by atoms with E-state index in [4.69, 9.17) is 14.0 Å². The number of benzene rings is 1. The van der Waals surface area contributed by atoms with Gasteiger partial charge in [0.15, 0.2) is 0 Å². The molecular formula is C23H34BFN2O5. The summed E-state index contributed by atoms with van der Waals surface area (Å²) in [5, 5.41) is 0. The lowest BCUT2D eigenvalue weighted by atomic mass is 9.75. The van der Waals surface area contributed by atoms with Gasteiger partial charge in [0.2, 0.25) is 5.91 Å². The van der Waals surface area contributed by atoms with Gasteiger partial charge >= 0.3 is 13.2 Å². The van der Waals surface area contributed by atoms with Gasteiger partial charge in [-0.1, -0.05) is 6.07 Å². The van der Waals surface area contributed by atoms with Crippen LogP contribution in [0.1, 0.15) is 54.0 Å². The molecular weight excluding hydrogens is 414 g/mol. The summed E-state index contributed by atoms with van der Waals surface area (Å²) in [5.41, 5.74) is -0.489. The molecule has 2 heterocycles.